The van der Waals surface area contributed by atoms with Gasteiger partial charge in [0.2, 0.25) is 0 Å². The van der Waals surface area contributed by atoms with Gasteiger partial charge < -0.3 is 15.2 Å². The van der Waals surface area contributed by atoms with Crippen molar-refractivity contribution in [3.63, 3.8) is 0 Å². The molecule has 3 aromatic carbocycles. The Hall–Kier alpha value is -3.10. The van der Waals surface area contributed by atoms with E-state index in [-0.39, 0.29) is 26.9 Å². The van der Waals surface area contributed by atoms with E-state index in [4.69, 9.17) is 16.3 Å². The van der Waals surface area contributed by atoms with Crippen molar-refractivity contribution in [1.82, 2.24) is 0 Å². The van der Waals surface area contributed by atoms with Crippen LogP contribution in [0.15, 0.2) is 59.5 Å². The van der Waals surface area contributed by atoms with Gasteiger partial charge in [-0.3, -0.25) is 4.79 Å². The zero-order chi connectivity index (χ0) is 21.2. The molecule has 3 aromatic rings. The van der Waals surface area contributed by atoms with Crippen LogP contribution in [0, 0.1) is 0 Å². The van der Waals surface area contributed by atoms with Crippen LogP contribution in [0.2, 0.25) is 5.02 Å². The molecule has 0 aromatic heterocycles. The summed E-state index contributed by atoms with van der Waals surface area (Å²) >= 11 is 5.97. The second-order valence-corrected chi connectivity index (χ2v) is 8.68. The standard InChI is InChI=1S/C20H16ClNO6S/c1-29(26,27)14-6-7-16(21)17(10-14)22-19(24)11-28-20(25)15-8-12-4-2-3-5-13(12)9-18(15)23/h2-10,23H,11H2,1H3,(H,22,24). The van der Waals surface area contributed by atoms with E-state index in [0.29, 0.717) is 0 Å². The van der Waals surface area contributed by atoms with Gasteiger partial charge in [0.1, 0.15) is 11.3 Å². The SMILES string of the molecule is CS(=O)(=O)c1ccc(Cl)c(NC(=O)COC(=O)c2cc3ccccc3cc2O)c1. The first kappa shape index (κ1) is 20.6. The highest BCUT2D eigenvalue weighted by molar-refractivity contribution is 7.90. The van der Waals surface area contributed by atoms with Crippen molar-refractivity contribution >= 4 is 49.8 Å². The summed E-state index contributed by atoms with van der Waals surface area (Å²) in [5, 5.41) is 14.1. The van der Waals surface area contributed by atoms with Gasteiger partial charge in [-0.2, -0.15) is 0 Å². The molecule has 29 heavy (non-hydrogen) atoms. The lowest BCUT2D eigenvalue weighted by Gasteiger charge is -2.10. The molecule has 1 amide bonds. The Morgan fingerprint density at radius 1 is 1.07 bits per heavy atom. The number of carbonyl (C=O) groups excluding carboxylic acids is 2. The Kier molecular flexibility index (Phi) is 5.76. The summed E-state index contributed by atoms with van der Waals surface area (Å²) in [4.78, 5) is 24.3. The number of esters is 1. The lowest BCUT2D eigenvalue weighted by atomic mass is 10.1. The fraction of sp³-hybridized carbons (Fsp3) is 0.100. The zero-order valence-electron chi connectivity index (χ0n) is 15.2. The molecule has 0 aliphatic carbocycles. The summed E-state index contributed by atoms with van der Waals surface area (Å²) in [6, 6.07) is 13.9. The second kappa shape index (κ2) is 8.10. The van der Waals surface area contributed by atoms with Crippen LogP contribution in [0.1, 0.15) is 10.4 Å². The summed E-state index contributed by atoms with van der Waals surface area (Å²) in [6.07, 6.45) is 1.03. The molecule has 0 aliphatic rings. The number of phenolic OH excluding ortho intramolecular Hbond substituents is 1. The van der Waals surface area contributed by atoms with E-state index in [1.165, 1.54) is 30.3 Å². The zero-order valence-corrected chi connectivity index (χ0v) is 16.8. The molecule has 0 saturated heterocycles. The van der Waals surface area contributed by atoms with E-state index >= 15 is 0 Å². The number of sulfone groups is 1. The molecule has 0 radical (unpaired) electrons. The summed E-state index contributed by atoms with van der Waals surface area (Å²) in [7, 11) is -3.49. The van der Waals surface area contributed by atoms with Gasteiger partial charge in [0.05, 0.1) is 15.6 Å². The van der Waals surface area contributed by atoms with Crippen LogP contribution in [0.4, 0.5) is 5.69 Å². The third-order valence-electron chi connectivity index (χ3n) is 4.06. The Labute approximate surface area is 171 Å². The smallest absolute Gasteiger partial charge is 0.342 e. The molecule has 0 spiro atoms. The van der Waals surface area contributed by atoms with Crippen molar-refractivity contribution in [2.45, 2.75) is 4.90 Å². The highest BCUT2D eigenvalue weighted by Gasteiger charge is 2.17. The highest BCUT2D eigenvalue weighted by Crippen LogP contribution is 2.27. The molecule has 7 nitrogen and oxygen atoms in total. The van der Waals surface area contributed by atoms with Crippen molar-refractivity contribution in [2.24, 2.45) is 0 Å². The van der Waals surface area contributed by atoms with E-state index in [2.05, 4.69) is 5.32 Å². The molecule has 0 bridgehead atoms. The summed E-state index contributed by atoms with van der Waals surface area (Å²) in [5.41, 5.74) is -0.00204. The van der Waals surface area contributed by atoms with Crippen molar-refractivity contribution in [1.29, 1.82) is 0 Å². The van der Waals surface area contributed by atoms with Crippen LogP contribution in [0.3, 0.4) is 0 Å². The summed E-state index contributed by atoms with van der Waals surface area (Å²) in [6.45, 7) is -0.648. The van der Waals surface area contributed by atoms with Gasteiger partial charge in [0.25, 0.3) is 5.91 Å². The molecular weight excluding hydrogens is 418 g/mol. The number of hydrogen-bond acceptors (Lipinski definition) is 6. The molecule has 0 heterocycles. The molecule has 0 fully saturated rings. The topological polar surface area (TPSA) is 110 Å². The molecule has 0 atom stereocenters. The first-order valence-electron chi connectivity index (χ1n) is 8.33. The van der Waals surface area contributed by atoms with Gasteiger partial charge >= 0.3 is 5.97 Å². The van der Waals surface area contributed by atoms with Gasteiger partial charge in [-0.25, -0.2) is 13.2 Å². The molecule has 2 N–H and O–H groups in total. The molecule has 0 saturated carbocycles. The number of benzene rings is 3. The summed E-state index contributed by atoms with van der Waals surface area (Å²) < 4.78 is 28.2. The van der Waals surface area contributed by atoms with Gasteiger partial charge in [0.15, 0.2) is 16.4 Å². The van der Waals surface area contributed by atoms with Crippen LogP contribution >= 0.6 is 11.6 Å². The molecule has 3 rings (SSSR count). The van der Waals surface area contributed by atoms with Crippen LogP contribution in [-0.4, -0.2) is 38.3 Å². The monoisotopic (exact) mass is 433 g/mol. The Morgan fingerprint density at radius 2 is 1.72 bits per heavy atom. The quantitative estimate of drug-likeness (QED) is 0.597. The third-order valence-corrected chi connectivity index (χ3v) is 5.50. The number of phenols is 1. The number of anilines is 1. The maximum Gasteiger partial charge on any atom is 0.342 e. The average Bonchev–Trinajstić information content (AvgIpc) is 2.66. The second-order valence-electron chi connectivity index (χ2n) is 6.25. The Balaban J connectivity index is 1.70. The largest absolute Gasteiger partial charge is 0.507 e. The Bertz CT molecular complexity index is 1220. The van der Waals surface area contributed by atoms with Crippen LogP contribution in [0.5, 0.6) is 5.75 Å². The number of fused-ring (bicyclic) bond motifs is 1. The number of amides is 1. The van der Waals surface area contributed by atoms with Crippen LogP contribution < -0.4 is 5.32 Å². The predicted molar refractivity (Wildman–Crippen MR) is 109 cm³/mol. The van der Waals surface area contributed by atoms with Gasteiger partial charge in [0, 0.05) is 6.26 Å². The molecular formula is C20H16ClNO6S. The normalized spacial score (nSPS) is 11.2. The number of rotatable bonds is 5. The van der Waals surface area contributed by atoms with Crippen molar-refractivity contribution in [3.05, 3.63) is 65.2 Å². The van der Waals surface area contributed by atoms with Crippen molar-refractivity contribution in [3.8, 4) is 5.75 Å². The lowest BCUT2D eigenvalue weighted by molar-refractivity contribution is -0.119. The summed E-state index contributed by atoms with van der Waals surface area (Å²) in [5.74, 6) is -1.86. The average molecular weight is 434 g/mol. The number of hydrogen-bond donors (Lipinski definition) is 2. The lowest BCUT2D eigenvalue weighted by Crippen LogP contribution is -2.21. The van der Waals surface area contributed by atoms with E-state index in [9.17, 15) is 23.1 Å². The first-order valence-corrected chi connectivity index (χ1v) is 10.6. The minimum Gasteiger partial charge on any atom is -0.507 e. The fourth-order valence-electron chi connectivity index (χ4n) is 2.62. The first-order chi connectivity index (χ1) is 13.6. The maximum absolute atomic E-state index is 12.3. The van der Waals surface area contributed by atoms with Gasteiger partial charge in [-0.05, 0) is 41.1 Å². The van der Waals surface area contributed by atoms with E-state index in [1.807, 2.05) is 0 Å². The number of ether oxygens (including phenoxy) is 1. The third kappa shape index (κ3) is 4.85. The molecule has 0 aliphatic heterocycles. The number of halogens is 1. The van der Waals surface area contributed by atoms with E-state index < -0.39 is 28.3 Å². The molecule has 9 heteroatoms. The highest BCUT2D eigenvalue weighted by atomic mass is 35.5. The Morgan fingerprint density at radius 3 is 2.38 bits per heavy atom. The van der Waals surface area contributed by atoms with E-state index in [1.54, 1.807) is 24.3 Å². The predicted octanol–water partition coefficient (Wildman–Crippen LogP) is 3.40. The van der Waals surface area contributed by atoms with Gasteiger partial charge in [-0.1, -0.05) is 35.9 Å². The van der Waals surface area contributed by atoms with Crippen LogP contribution in [0.25, 0.3) is 10.8 Å². The number of carbonyl (C=O) groups is 2. The minimum atomic E-state index is -3.49. The maximum atomic E-state index is 12.3. The van der Waals surface area contributed by atoms with Crippen molar-refractivity contribution in [2.75, 3.05) is 18.2 Å². The van der Waals surface area contributed by atoms with Gasteiger partial charge in [-0.15, -0.1) is 0 Å². The number of aromatic hydroxyl groups is 1. The van der Waals surface area contributed by atoms with Crippen molar-refractivity contribution < 1.29 is 27.9 Å². The molecule has 0 unspecified atom stereocenters. The van der Waals surface area contributed by atoms with Crippen LogP contribution in [-0.2, 0) is 19.4 Å². The minimum absolute atomic E-state index is 0.0183. The van der Waals surface area contributed by atoms with E-state index in [0.717, 1.165) is 17.0 Å². The number of nitrogens with one attached hydrogen (secondary N) is 1. The fourth-order valence-corrected chi connectivity index (χ4v) is 3.43. The molecule has 150 valence electrons.